The number of alkyl halides is 5. The van der Waals surface area contributed by atoms with E-state index in [1.54, 1.807) is 24.3 Å². The van der Waals surface area contributed by atoms with Crippen LogP contribution in [0, 0.1) is 0 Å². The number of nitrogens with one attached hydrogen (secondary N) is 1. The van der Waals surface area contributed by atoms with Gasteiger partial charge < -0.3 is 10.1 Å². The summed E-state index contributed by atoms with van der Waals surface area (Å²) in [4.78, 5) is 16.4. The van der Waals surface area contributed by atoms with Crippen molar-refractivity contribution in [2.24, 2.45) is 0 Å². The van der Waals surface area contributed by atoms with Gasteiger partial charge in [0.25, 0.3) is 5.82 Å². The van der Waals surface area contributed by atoms with E-state index in [1.807, 2.05) is 0 Å². The Morgan fingerprint density at radius 2 is 1.82 bits per heavy atom. The highest BCUT2D eigenvalue weighted by atomic mass is 32.2. The van der Waals surface area contributed by atoms with Gasteiger partial charge in [0.2, 0.25) is 5.78 Å². The molecule has 13 nitrogen and oxygen atoms in total. The lowest BCUT2D eigenvalue weighted by atomic mass is 10.1. The Morgan fingerprint density at radius 1 is 1.09 bits per heavy atom. The molecule has 0 saturated heterocycles. The molecule has 1 aromatic carbocycles. The lowest BCUT2D eigenvalue weighted by Crippen LogP contribution is -2.38. The fourth-order valence-corrected chi connectivity index (χ4v) is 5.47. The van der Waals surface area contributed by atoms with Crippen LogP contribution >= 0.6 is 0 Å². The van der Waals surface area contributed by atoms with Crippen molar-refractivity contribution >= 4 is 16.0 Å². The number of ether oxygens (including phenoxy) is 1. The number of methoxy groups -OCH3 is 1. The van der Waals surface area contributed by atoms with Crippen LogP contribution in [0.5, 0.6) is 5.75 Å². The third kappa shape index (κ3) is 5.05. The molecular weight excluding hydrogens is 615 g/mol. The SMILES string of the molecule is COc1ccc(Cn2nc(C(F)(F)F)nc2-c2nc3nc4c(cn3c2-c2cn(S(=O)(=O)N(C)C)cn2)CNCC4(F)F)cc1. The summed E-state index contributed by atoms with van der Waals surface area (Å²) >= 11 is 0. The van der Waals surface area contributed by atoms with Crippen molar-refractivity contribution in [1.82, 2.24) is 47.7 Å². The molecule has 4 aromatic heterocycles. The van der Waals surface area contributed by atoms with Crippen LogP contribution < -0.4 is 10.1 Å². The summed E-state index contributed by atoms with van der Waals surface area (Å²) in [5.41, 5.74) is -0.216. The van der Waals surface area contributed by atoms with Gasteiger partial charge in [-0.05, 0) is 17.7 Å². The summed E-state index contributed by atoms with van der Waals surface area (Å²) in [6.45, 7) is -0.831. The Kier molecular flexibility index (Phi) is 6.93. The molecule has 0 amide bonds. The molecule has 0 atom stereocenters. The van der Waals surface area contributed by atoms with E-state index in [2.05, 4.69) is 30.4 Å². The number of benzene rings is 1. The van der Waals surface area contributed by atoms with Crippen LogP contribution in [0.4, 0.5) is 22.0 Å². The Labute approximate surface area is 246 Å². The van der Waals surface area contributed by atoms with Crippen LogP contribution in [0.1, 0.15) is 22.6 Å². The van der Waals surface area contributed by atoms with Crippen molar-refractivity contribution in [3.63, 3.8) is 0 Å². The number of aromatic nitrogens is 8. The van der Waals surface area contributed by atoms with E-state index < -0.39 is 40.4 Å². The number of imidazole rings is 2. The van der Waals surface area contributed by atoms with E-state index >= 15 is 0 Å². The number of hydrogen-bond acceptors (Lipinski definition) is 9. The average molecular weight is 639 g/mol. The van der Waals surface area contributed by atoms with E-state index in [9.17, 15) is 30.4 Å². The predicted octanol–water partition coefficient (Wildman–Crippen LogP) is 2.78. The van der Waals surface area contributed by atoms with Crippen molar-refractivity contribution in [3.05, 3.63) is 65.6 Å². The standard InChI is InChI=1S/C25H23F5N10O3S/c1-37(2)44(41,42)38-11-17(32-13-38)19-18(33-23-34-20-15(10-39(19)23)8-31-12-24(20,26)27)21-35-22(25(28,29)30)36-40(21)9-14-4-6-16(43-3)7-5-14/h4-7,10-11,13,31H,8-9,12H2,1-3H3. The first-order valence-electron chi connectivity index (χ1n) is 12.8. The minimum atomic E-state index is -4.94. The first-order chi connectivity index (χ1) is 20.7. The summed E-state index contributed by atoms with van der Waals surface area (Å²) in [7, 11) is 0.0374. The number of nitrogens with zero attached hydrogens (tertiary/aromatic N) is 9. The van der Waals surface area contributed by atoms with Gasteiger partial charge in [-0.3, -0.25) is 4.40 Å². The van der Waals surface area contributed by atoms with Crippen LogP contribution in [0.2, 0.25) is 0 Å². The van der Waals surface area contributed by atoms with E-state index in [0.29, 0.717) is 11.3 Å². The van der Waals surface area contributed by atoms with Crippen molar-refractivity contribution in [2.75, 3.05) is 27.7 Å². The van der Waals surface area contributed by atoms with Gasteiger partial charge in [0.1, 0.15) is 34.9 Å². The van der Waals surface area contributed by atoms with Crippen LogP contribution in [0.3, 0.4) is 0 Å². The first-order valence-corrected chi connectivity index (χ1v) is 14.2. The normalized spacial score (nSPS) is 15.2. The molecule has 1 aliphatic rings. The topological polar surface area (TPSA) is 137 Å². The largest absolute Gasteiger partial charge is 0.497 e. The second-order valence-corrected chi connectivity index (χ2v) is 12.1. The fourth-order valence-electron chi connectivity index (χ4n) is 4.69. The molecule has 5 heterocycles. The molecule has 0 spiro atoms. The van der Waals surface area contributed by atoms with Crippen LogP contribution in [-0.2, 0) is 35.4 Å². The van der Waals surface area contributed by atoms with Gasteiger partial charge in [0, 0.05) is 32.4 Å². The number of halogens is 5. The number of rotatable bonds is 7. The van der Waals surface area contributed by atoms with Crippen molar-refractivity contribution < 1.29 is 35.1 Å². The van der Waals surface area contributed by atoms with Crippen molar-refractivity contribution in [2.45, 2.75) is 25.2 Å². The van der Waals surface area contributed by atoms with E-state index in [-0.39, 0.29) is 47.3 Å². The minimum Gasteiger partial charge on any atom is -0.497 e. The molecule has 232 valence electrons. The maximum absolute atomic E-state index is 14.8. The van der Waals surface area contributed by atoms with E-state index in [4.69, 9.17) is 4.74 Å². The minimum absolute atomic E-state index is 0.0239. The van der Waals surface area contributed by atoms with Crippen molar-refractivity contribution in [1.29, 1.82) is 0 Å². The molecule has 0 saturated carbocycles. The molecule has 44 heavy (non-hydrogen) atoms. The first kappa shape index (κ1) is 29.6. The molecule has 0 aliphatic carbocycles. The Bertz CT molecular complexity index is 1980. The quantitative estimate of drug-likeness (QED) is 0.267. The molecule has 0 unspecified atom stereocenters. The highest BCUT2D eigenvalue weighted by Crippen LogP contribution is 2.37. The van der Waals surface area contributed by atoms with Gasteiger partial charge in [-0.1, -0.05) is 12.1 Å². The second-order valence-electron chi connectivity index (χ2n) is 10.0. The van der Waals surface area contributed by atoms with Crippen molar-refractivity contribution in [3.8, 4) is 28.7 Å². The highest BCUT2D eigenvalue weighted by Gasteiger charge is 2.41. The Balaban J connectivity index is 1.61. The van der Waals surface area contributed by atoms with Gasteiger partial charge >= 0.3 is 22.3 Å². The predicted molar refractivity (Wildman–Crippen MR) is 144 cm³/mol. The molecule has 0 radical (unpaired) electrons. The van der Waals surface area contributed by atoms with E-state index in [1.165, 1.54) is 31.8 Å². The van der Waals surface area contributed by atoms with Gasteiger partial charge in [-0.2, -0.15) is 34.7 Å². The molecule has 19 heteroatoms. The highest BCUT2D eigenvalue weighted by molar-refractivity contribution is 7.87. The molecule has 6 rings (SSSR count). The fraction of sp³-hybridized carbons (Fsp3) is 0.320. The van der Waals surface area contributed by atoms with Crippen LogP contribution in [-0.4, -0.2) is 78.6 Å². The zero-order valence-corrected chi connectivity index (χ0v) is 24.0. The van der Waals surface area contributed by atoms with Gasteiger partial charge in [-0.25, -0.2) is 28.6 Å². The zero-order valence-electron chi connectivity index (χ0n) is 23.2. The lowest BCUT2D eigenvalue weighted by molar-refractivity contribution is -0.144. The van der Waals surface area contributed by atoms with E-state index in [0.717, 1.165) is 25.5 Å². The third-order valence-corrected chi connectivity index (χ3v) is 8.52. The summed E-state index contributed by atoms with van der Waals surface area (Å²) in [6.07, 6.45) is -1.49. The maximum atomic E-state index is 14.8. The van der Waals surface area contributed by atoms with Gasteiger partial charge in [0.05, 0.1) is 26.4 Å². The Hall–Kier alpha value is -4.49. The summed E-state index contributed by atoms with van der Waals surface area (Å²) in [5.74, 6) is -4.95. The smallest absolute Gasteiger partial charge is 0.453 e. The third-order valence-electron chi connectivity index (χ3n) is 6.86. The van der Waals surface area contributed by atoms with Gasteiger partial charge in [-0.15, -0.1) is 5.10 Å². The lowest BCUT2D eigenvalue weighted by Gasteiger charge is -2.24. The summed E-state index contributed by atoms with van der Waals surface area (Å²) < 4.78 is 106. The Morgan fingerprint density at radius 3 is 2.48 bits per heavy atom. The summed E-state index contributed by atoms with van der Waals surface area (Å²) in [5, 5.41) is 6.30. The van der Waals surface area contributed by atoms with Crippen LogP contribution in [0.25, 0.3) is 28.7 Å². The van der Waals surface area contributed by atoms with Crippen LogP contribution in [0.15, 0.2) is 43.0 Å². The molecule has 5 aromatic rings. The second kappa shape index (κ2) is 10.3. The molecule has 0 fully saturated rings. The molecular formula is C25H23F5N10O3S. The average Bonchev–Trinajstić information content (AvgIpc) is 3.69. The molecule has 1 N–H and O–H groups in total. The summed E-state index contributed by atoms with van der Waals surface area (Å²) in [6, 6.07) is 6.49. The van der Waals surface area contributed by atoms with Gasteiger partial charge in [0.15, 0.2) is 5.82 Å². The molecule has 0 bridgehead atoms. The zero-order chi connectivity index (χ0) is 31.6. The number of hydrogen-bond donors (Lipinski definition) is 1. The monoisotopic (exact) mass is 638 g/mol. The maximum Gasteiger partial charge on any atom is 0.453 e. The molecule has 1 aliphatic heterocycles. The number of fused-ring (bicyclic) bond motifs is 2.